The fourth-order valence-corrected chi connectivity index (χ4v) is 4.66. The largest absolute Gasteiger partial charge is 0.297 e. The molecule has 2 aromatic rings. The molecule has 9 heteroatoms. The highest BCUT2D eigenvalue weighted by molar-refractivity contribution is 8.04. The van der Waals surface area contributed by atoms with Crippen LogP contribution in [0.5, 0.6) is 0 Å². The van der Waals surface area contributed by atoms with Crippen LogP contribution in [0, 0.1) is 0 Å². The molecule has 0 atom stereocenters. The zero-order chi connectivity index (χ0) is 11.5. The van der Waals surface area contributed by atoms with Crippen molar-refractivity contribution in [1.82, 2.24) is 15.2 Å². The lowest BCUT2D eigenvalue weighted by molar-refractivity contribution is 0.112. The Morgan fingerprint density at radius 2 is 2.00 bits per heavy atom. The fourth-order valence-electron chi connectivity index (χ4n) is 0.806. The molecule has 0 fully saturated rings. The number of carbonyl (C=O) groups is 1. The molecule has 16 heavy (non-hydrogen) atoms. The maximum Gasteiger partial charge on any atom is 0.182 e. The molecule has 0 bridgehead atoms. The van der Waals surface area contributed by atoms with Crippen molar-refractivity contribution in [2.45, 2.75) is 13.0 Å². The molecule has 0 saturated carbocycles. The number of thiazole rings is 1. The van der Waals surface area contributed by atoms with Gasteiger partial charge in [0.1, 0.15) is 4.88 Å². The summed E-state index contributed by atoms with van der Waals surface area (Å²) in [5.74, 6) is 0. The number of hydrogen-bond donors (Lipinski definition) is 0. The maximum absolute atomic E-state index is 10.6. The lowest BCUT2D eigenvalue weighted by Gasteiger charge is -1.86. The molecule has 4 nitrogen and oxygen atoms in total. The first kappa shape index (κ1) is 12.3. The SMILES string of the molecule is CSc1nnc(Sc2nc(Cl)c(C=O)s2)s1. The van der Waals surface area contributed by atoms with Crippen LogP contribution >= 0.6 is 57.8 Å². The number of aldehydes is 1. The number of aromatic nitrogens is 3. The summed E-state index contributed by atoms with van der Waals surface area (Å²) in [6.45, 7) is 0. The zero-order valence-electron chi connectivity index (χ0n) is 7.84. The molecule has 0 aromatic carbocycles. The molecule has 0 radical (unpaired) electrons. The van der Waals surface area contributed by atoms with Crippen molar-refractivity contribution in [1.29, 1.82) is 0 Å². The van der Waals surface area contributed by atoms with Crippen molar-refractivity contribution < 1.29 is 4.79 Å². The van der Waals surface area contributed by atoms with Gasteiger partial charge in [0.05, 0.1) is 0 Å². The van der Waals surface area contributed by atoms with Gasteiger partial charge in [-0.25, -0.2) is 4.98 Å². The molecular formula is C7H4ClN3OS4. The Labute approximate surface area is 113 Å². The maximum atomic E-state index is 10.6. The number of hydrogen-bond acceptors (Lipinski definition) is 8. The van der Waals surface area contributed by atoms with E-state index < -0.39 is 0 Å². The summed E-state index contributed by atoms with van der Waals surface area (Å²) in [5, 5.41) is 8.21. The van der Waals surface area contributed by atoms with Crippen molar-refractivity contribution in [2.75, 3.05) is 6.26 Å². The monoisotopic (exact) mass is 309 g/mol. The van der Waals surface area contributed by atoms with Crippen molar-refractivity contribution in [3.05, 3.63) is 10.0 Å². The third-order valence-electron chi connectivity index (χ3n) is 1.43. The Balaban J connectivity index is 2.16. The second-order valence-electron chi connectivity index (χ2n) is 2.39. The van der Waals surface area contributed by atoms with Crippen molar-refractivity contribution in [3.63, 3.8) is 0 Å². The number of halogens is 1. The highest BCUT2D eigenvalue weighted by Gasteiger charge is 2.12. The molecule has 0 spiro atoms. The van der Waals surface area contributed by atoms with E-state index in [1.54, 1.807) is 11.8 Å². The van der Waals surface area contributed by atoms with Crippen molar-refractivity contribution >= 4 is 64.1 Å². The Bertz CT molecular complexity index is 511. The molecule has 0 N–H and O–H groups in total. The van der Waals surface area contributed by atoms with Crippen molar-refractivity contribution in [2.24, 2.45) is 0 Å². The highest BCUT2D eigenvalue weighted by Crippen LogP contribution is 2.36. The summed E-state index contributed by atoms with van der Waals surface area (Å²) in [7, 11) is 0. The lowest BCUT2D eigenvalue weighted by Crippen LogP contribution is -1.72. The van der Waals surface area contributed by atoms with Crippen LogP contribution in [0.3, 0.4) is 0 Å². The first-order chi connectivity index (χ1) is 7.72. The Hall–Kier alpha value is -0.150. The zero-order valence-corrected chi connectivity index (χ0v) is 11.9. The van der Waals surface area contributed by atoms with Gasteiger partial charge in [-0.1, -0.05) is 34.7 Å². The van der Waals surface area contributed by atoms with E-state index in [0.29, 0.717) is 15.5 Å². The van der Waals surface area contributed by atoms with E-state index >= 15 is 0 Å². The number of nitrogens with zero attached hydrogens (tertiary/aromatic N) is 3. The average molecular weight is 310 g/mol. The van der Waals surface area contributed by atoms with Gasteiger partial charge in [0.15, 0.2) is 24.5 Å². The topological polar surface area (TPSA) is 55.7 Å². The van der Waals surface area contributed by atoms with E-state index in [2.05, 4.69) is 15.2 Å². The van der Waals surface area contributed by atoms with Gasteiger partial charge in [0, 0.05) is 0 Å². The van der Waals surface area contributed by atoms with Crippen LogP contribution in [0.1, 0.15) is 9.67 Å². The van der Waals surface area contributed by atoms with Crippen LogP contribution < -0.4 is 0 Å². The van der Waals surface area contributed by atoms with Crippen LogP contribution in [0.15, 0.2) is 13.0 Å². The van der Waals surface area contributed by atoms with Gasteiger partial charge >= 0.3 is 0 Å². The van der Waals surface area contributed by atoms with Gasteiger partial charge in [-0.15, -0.1) is 21.5 Å². The molecule has 0 aliphatic carbocycles. The normalized spacial score (nSPS) is 10.6. The minimum atomic E-state index is 0.247. The number of thioether (sulfide) groups is 1. The molecular weight excluding hydrogens is 306 g/mol. The van der Waals surface area contributed by atoms with E-state index in [-0.39, 0.29) is 5.15 Å². The number of carbonyl (C=O) groups excluding carboxylic acids is 1. The van der Waals surface area contributed by atoms with E-state index in [0.717, 1.165) is 8.68 Å². The molecule has 2 rings (SSSR count). The molecule has 2 aromatic heterocycles. The molecule has 2 heterocycles. The molecule has 0 unspecified atom stereocenters. The van der Waals surface area contributed by atoms with Gasteiger partial charge in [-0.2, -0.15) is 0 Å². The molecule has 0 saturated heterocycles. The lowest BCUT2D eigenvalue weighted by atomic mass is 10.6. The summed E-state index contributed by atoms with van der Waals surface area (Å²) in [4.78, 5) is 15.1. The summed E-state index contributed by atoms with van der Waals surface area (Å²) >= 11 is 11.4. The summed E-state index contributed by atoms with van der Waals surface area (Å²) in [5.41, 5.74) is 0. The highest BCUT2D eigenvalue weighted by atomic mass is 35.5. The van der Waals surface area contributed by atoms with E-state index in [4.69, 9.17) is 11.6 Å². The molecule has 84 valence electrons. The average Bonchev–Trinajstić information content (AvgIpc) is 2.85. The Morgan fingerprint density at radius 1 is 1.25 bits per heavy atom. The first-order valence-corrected chi connectivity index (χ1v) is 7.95. The minimum absolute atomic E-state index is 0.247. The van der Waals surface area contributed by atoms with Gasteiger partial charge in [-0.3, -0.25) is 4.79 Å². The fraction of sp³-hybridized carbons (Fsp3) is 0.143. The van der Waals surface area contributed by atoms with Crippen LogP contribution in [0.4, 0.5) is 0 Å². The predicted octanol–water partition coefficient (Wildman–Crippen LogP) is 3.33. The summed E-state index contributed by atoms with van der Waals surface area (Å²) in [6.07, 6.45) is 2.65. The summed E-state index contributed by atoms with van der Waals surface area (Å²) in [6, 6.07) is 0. The molecule has 0 amide bonds. The van der Waals surface area contributed by atoms with Gasteiger partial charge < -0.3 is 0 Å². The van der Waals surface area contributed by atoms with Gasteiger partial charge in [0.25, 0.3) is 0 Å². The summed E-state index contributed by atoms with van der Waals surface area (Å²) < 4.78 is 2.41. The quantitative estimate of drug-likeness (QED) is 0.638. The third kappa shape index (κ3) is 2.75. The van der Waals surface area contributed by atoms with Crippen LogP contribution in [0.25, 0.3) is 0 Å². The molecule has 0 aliphatic heterocycles. The van der Waals surface area contributed by atoms with Crippen molar-refractivity contribution in [3.8, 4) is 0 Å². The Kier molecular flexibility index (Phi) is 4.20. The second-order valence-corrected chi connectivity index (χ2v) is 7.31. The van der Waals surface area contributed by atoms with E-state index in [9.17, 15) is 4.79 Å². The number of rotatable bonds is 4. The molecule has 0 aliphatic rings. The predicted molar refractivity (Wildman–Crippen MR) is 68.3 cm³/mol. The van der Waals surface area contributed by atoms with Crippen LogP contribution in [-0.4, -0.2) is 27.7 Å². The Morgan fingerprint density at radius 3 is 2.56 bits per heavy atom. The second kappa shape index (κ2) is 5.46. The van der Waals surface area contributed by atoms with E-state index in [1.165, 1.54) is 34.4 Å². The smallest absolute Gasteiger partial charge is 0.182 e. The third-order valence-corrected chi connectivity index (χ3v) is 5.83. The van der Waals surface area contributed by atoms with Crippen LogP contribution in [-0.2, 0) is 0 Å². The first-order valence-electron chi connectivity index (χ1n) is 3.89. The minimum Gasteiger partial charge on any atom is -0.297 e. The van der Waals surface area contributed by atoms with E-state index in [1.807, 2.05) is 6.26 Å². The van der Waals surface area contributed by atoms with Crippen LogP contribution in [0.2, 0.25) is 5.15 Å². The standard InChI is InChI=1S/C7H4ClN3OS4/c1-13-6-10-11-7(16-6)15-5-9-4(8)3(2-12)14-5/h2H,1H3. The van der Waals surface area contributed by atoms with Gasteiger partial charge in [-0.05, 0) is 18.0 Å². The van der Waals surface area contributed by atoms with Gasteiger partial charge in [0.2, 0.25) is 0 Å².